The molecule has 2 amide bonds. The molecule has 0 aliphatic carbocycles. The average Bonchev–Trinajstić information content (AvgIpc) is 2.54. The molecule has 2 rings (SSSR count). The maximum Gasteiger partial charge on any atom is 0.303 e. The van der Waals surface area contributed by atoms with Gasteiger partial charge in [0, 0.05) is 32.1 Å². The predicted octanol–water partition coefficient (Wildman–Crippen LogP) is 1.34. The molecule has 0 spiro atoms. The molecule has 1 aliphatic heterocycles. The molecule has 0 aromatic heterocycles. The second-order valence-corrected chi connectivity index (χ2v) is 8.40. The highest BCUT2D eigenvalue weighted by atomic mass is 32.2. The number of rotatable bonds is 6. The van der Waals surface area contributed by atoms with Crippen LogP contribution in [0.4, 0.5) is 11.4 Å². The van der Waals surface area contributed by atoms with E-state index >= 15 is 0 Å². The first-order valence-electron chi connectivity index (χ1n) is 8.45. The van der Waals surface area contributed by atoms with Crippen molar-refractivity contribution in [2.75, 3.05) is 29.4 Å². The van der Waals surface area contributed by atoms with Crippen molar-refractivity contribution < 1.29 is 27.9 Å². The lowest BCUT2D eigenvalue weighted by molar-refractivity contribution is -0.138. The van der Waals surface area contributed by atoms with Crippen molar-refractivity contribution in [1.29, 1.82) is 0 Å². The summed E-state index contributed by atoms with van der Waals surface area (Å²) in [7, 11) is -3.60. The standard InChI is InChI=1S/C17H23N3O6S/c1-11(21)18-13-3-4-15(19-27(2,25)26)14(10-13)17(24)20-7-5-12(6-8-20)9-16(22)23/h3-4,10,12,19H,5-9H2,1-2H3,(H,18,21)(H,22,23). The van der Waals surface area contributed by atoms with Gasteiger partial charge in [-0.15, -0.1) is 0 Å². The number of nitrogens with one attached hydrogen (secondary N) is 2. The number of nitrogens with zero attached hydrogens (tertiary/aromatic N) is 1. The van der Waals surface area contributed by atoms with E-state index in [9.17, 15) is 22.8 Å². The van der Waals surface area contributed by atoms with E-state index in [-0.39, 0.29) is 35.4 Å². The highest BCUT2D eigenvalue weighted by Gasteiger charge is 2.27. The van der Waals surface area contributed by atoms with E-state index in [0.29, 0.717) is 31.6 Å². The fourth-order valence-electron chi connectivity index (χ4n) is 3.05. The van der Waals surface area contributed by atoms with Gasteiger partial charge in [0.2, 0.25) is 15.9 Å². The number of carbonyl (C=O) groups excluding carboxylic acids is 2. The molecule has 0 unspecified atom stereocenters. The van der Waals surface area contributed by atoms with Crippen LogP contribution in [0.3, 0.4) is 0 Å². The van der Waals surface area contributed by atoms with Gasteiger partial charge in [-0.1, -0.05) is 0 Å². The molecule has 1 aliphatic rings. The fraction of sp³-hybridized carbons (Fsp3) is 0.471. The van der Waals surface area contributed by atoms with E-state index < -0.39 is 16.0 Å². The van der Waals surface area contributed by atoms with E-state index in [1.165, 1.54) is 25.1 Å². The van der Waals surface area contributed by atoms with Crippen molar-refractivity contribution in [3.63, 3.8) is 0 Å². The lowest BCUT2D eigenvalue weighted by Gasteiger charge is -2.32. The summed E-state index contributed by atoms with van der Waals surface area (Å²) >= 11 is 0. The highest BCUT2D eigenvalue weighted by molar-refractivity contribution is 7.92. The van der Waals surface area contributed by atoms with Crippen LogP contribution in [-0.2, 0) is 19.6 Å². The zero-order chi connectivity index (χ0) is 20.2. The van der Waals surface area contributed by atoms with Gasteiger partial charge in [0.1, 0.15) is 0 Å². The molecule has 1 aromatic carbocycles. The Morgan fingerprint density at radius 1 is 1.22 bits per heavy atom. The third kappa shape index (κ3) is 6.24. The Hall–Kier alpha value is -2.62. The highest BCUT2D eigenvalue weighted by Crippen LogP contribution is 2.27. The van der Waals surface area contributed by atoms with Gasteiger partial charge in [0.25, 0.3) is 5.91 Å². The van der Waals surface area contributed by atoms with Crippen molar-refractivity contribution >= 4 is 39.2 Å². The van der Waals surface area contributed by atoms with Crippen LogP contribution in [0.2, 0.25) is 0 Å². The van der Waals surface area contributed by atoms with Crippen LogP contribution in [0.15, 0.2) is 18.2 Å². The molecule has 27 heavy (non-hydrogen) atoms. The Balaban J connectivity index is 2.24. The van der Waals surface area contributed by atoms with Gasteiger partial charge in [-0.25, -0.2) is 8.42 Å². The zero-order valence-corrected chi connectivity index (χ0v) is 16.0. The van der Waals surface area contributed by atoms with E-state index in [4.69, 9.17) is 5.11 Å². The van der Waals surface area contributed by atoms with Crippen LogP contribution < -0.4 is 10.0 Å². The van der Waals surface area contributed by atoms with Crippen LogP contribution >= 0.6 is 0 Å². The molecule has 0 saturated carbocycles. The van der Waals surface area contributed by atoms with E-state index in [0.717, 1.165) is 6.26 Å². The van der Waals surface area contributed by atoms with Crippen LogP contribution in [-0.4, -0.2) is 55.6 Å². The number of sulfonamides is 1. The number of carboxylic acid groups (broad SMARTS) is 1. The summed E-state index contributed by atoms with van der Waals surface area (Å²) in [4.78, 5) is 36.6. The number of aliphatic carboxylic acids is 1. The van der Waals surface area contributed by atoms with Crippen molar-refractivity contribution in [2.24, 2.45) is 5.92 Å². The van der Waals surface area contributed by atoms with E-state index in [1.54, 1.807) is 4.90 Å². The van der Waals surface area contributed by atoms with Crippen molar-refractivity contribution in [1.82, 2.24) is 4.90 Å². The van der Waals surface area contributed by atoms with Crippen molar-refractivity contribution in [3.8, 4) is 0 Å². The Morgan fingerprint density at radius 2 is 1.85 bits per heavy atom. The van der Waals surface area contributed by atoms with Crippen LogP contribution in [0, 0.1) is 5.92 Å². The lowest BCUT2D eigenvalue weighted by atomic mass is 9.93. The summed E-state index contributed by atoms with van der Waals surface area (Å²) in [6.45, 7) is 2.11. The minimum atomic E-state index is -3.60. The Labute approximate surface area is 157 Å². The van der Waals surface area contributed by atoms with Gasteiger partial charge in [-0.3, -0.25) is 19.1 Å². The maximum absolute atomic E-state index is 12.9. The summed E-state index contributed by atoms with van der Waals surface area (Å²) < 4.78 is 25.5. The van der Waals surface area contributed by atoms with Gasteiger partial charge >= 0.3 is 5.97 Å². The maximum atomic E-state index is 12.9. The van der Waals surface area contributed by atoms with Gasteiger partial charge in [-0.05, 0) is 37.0 Å². The number of anilines is 2. The van der Waals surface area contributed by atoms with Crippen LogP contribution in [0.5, 0.6) is 0 Å². The third-order valence-corrected chi connectivity index (χ3v) is 4.82. The number of amides is 2. The second kappa shape index (κ2) is 8.38. The van der Waals surface area contributed by atoms with E-state index in [1.807, 2.05) is 0 Å². The third-order valence-electron chi connectivity index (χ3n) is 4.23. The predicted molar refractivity (Wildman–Crippen MR) is 100 cm³/mol. The smallest absolute Gasteiger partial charge is 0.303 e. The molecule has 1 heterocycles. The van der Waals surface area contributed by atoms with E-state index in [2.05, 4.69) is 10.0 Å². The summed E-state index contributed by atoms with van der Waals surface area (Å²) in [5, 5.41) is 11.5. The first-order valence-corrected chi connectivity index (χ1v) is 10.3. The fourth-order valence-corrected chi connectivity index (χ4v) is 3.63. The monoisotopic (exact) mass is 397 g/mol. The van der Waals surface area contributed by atoms with Gasteiger partial charge < -0.3 is 15.3 Å². The van der Waals surface area contributed by atoms with Crippen molar-refractivity contribution in [3.05, 3.63) is 23.8 Å². The lowest BCUT2D eigenvalue weighted by Crippen LogP contribution is -2.39. The zero-order valence-electron chi connectivity index (χ0n) is 15.2. The Morgan fingerprint density at radius 3 is 2.37 bits per heavy atom. The Bertz CT molecular complexity index is 844. The van der Waals surface area contributed by atoms with Crippen LogP contribution in [0.25, 0.3) is 0 Å². The summed E-state index contributed by atoms with van der Waals surface area (Å²) in [6, 6.07) is 4.36. The number of carboxylic acids is 1. The molecule has 3 N–H and O–H groups in total. The van der Waals surface area contributed by atoms with Gasteiger partial charge in [0.15, 0.2) is 0 Å². The van der Waals surface area contributed by atoms with Crippen molar-refractivity contribution in [2.45, 2.75) is 26.2 Å². The summed E-state index contributed by atoms with van der Waals surface area (Å²) in [5.41, 5.74) is 0.637. The molecule has 10 heteroatoms. The quantitative estimate of drug-likeness (QED) is 0.663. The number of benzene rings is 1. The number of hydrogen-bond donors (Lipinski definition) is 3. The topological polar surface area (TPSA) is 133 Å². The summed E-state index contributed by atoms with van der Waals surface area (Å²) in [6.07, 6.45) is 2.19. The molecule has 1 fully saturated rings. The minimum absolute atomic E-state index is 0.0193. The first-order chi connectivity index (χ1) is 12.5. The first kappa shape index (κ1) is 20.7. The largest absolute Gasteiger partial charge is 0.481 e. The second-order valence-electron chi connectivity index (χ2n) is 6.65. The SMILES string of the molecule is CC(=O)Nc1ccc(NS(C)(=O)=O)c(C(=O)N2CCC(CC(=O)O)CC2)c1. The molecule has 1 saturated heterocycles. The molecule has 9 nitrogen and oxygen atoms in total. The number of piperidine rings is 1. The average molecular weight is 397 g/mol. The normalized spacial score (nSPS) is 15.3. The molecule has 1 aromatic rings. The molecule has 0 bridgehead atoms. The summed E-state index contributed by atoms with van der Waals surface area (Å²) in [5.74, 6) is -1.53. The van der Waals surface area contributed by atoms with Gasteiger partial charge in [-0.2, -0.15) is 0 Å². The minimum Gasteiger partial charge on any atom is -0.481 e. The molecule has 0 atom stereocenters. The molecular weight excluding hydrogens is 374 g/mol. The Kier molecular flexibility index (Phi) is 6.42. The number of carbonyl (C=O) groups is 3. The molecule has 0 radical (unpaired) electrons. The number of hydrogen-bond acceptors (Lipinski definition) is 5. The molecular formula is C17H23N3O6S. The van der Waals surface area contributed by atoms with Crippen LogP contribution in [0.1, 0.15) is 36.5 Å². The number of likely N-dealkylation sites (tertiary alicyclic amines) is 1. The van der Waals surface area contributed by atoms with Gasteiger partial charge in [0.05, 0.1) is 17.5 Å². The molecule has 148 valence electrons.